The summed E-state index contributed by atoms with van der Waals surface area (Å²) in [5.41, 5.74) is 1.48. The molecule has 0 aromatic heterocycles. The summed E-state index contributed by atoms with van der Waals surface area (Å²) in [5, 5.41) is 19.1. The average Bonchev–Trinajstić information content (AvgIpc) is 2.30. The van der Waals surface area contributed by atoms with Gasteiger partial charge in [-0.05, 0) is 38.0 Å². The Morgan fingerprint density at radius 3 is 2.59 bits per heavy atom. The maximum Gasteiger partial charge on any atom is 0.123 e. The largest absolute Gasteiger partial charge is 0.393 e. The number of halogens is 1. The maximum atomic E-state index is 13.2. The third kappa shape index (κ3) is 2.76. The van der Waals surface area contributed by atoms with Crippen LogP contribution >= 0.6 is 0 Å². The fourth-order valence-corrected chi connectivity index (χ4v) is 2.25. The van der Waals surface area contributed by atoms with Crippen LogP contribution in [0.4, 0.5) is 10.1 Å². The smallest absolute Gasteiger partial charge is 0.123 e. The fourth-order valence-electron chi connectivity index (χ4n) is 2.25. The van der Waals surface area contributed by atoms with Crippen molar-refractivity contribution in [3.8, 4) is 0 Å². The Bertz CT molecular complexity index is 387. The SMILES string of the molecule is C[C@@H](O)c1cc(F)ccc1N1CCC(O)CC1. The molecule has 1 atom stereocenters. The topological polar surface area (TPSA) is 43.7 Å². The molecule has 0 unspecified atom stereocenters. The molecule has 1 aromatic rings. The maximum absolute atomic E-state index is 13.2. The summed E-state index contributed by atoms with van der Waals surface area (Å²) in [6.45, 7) is 3.12. The van der Waals surface area contributed by atoms with Crippen LogP contribution in [0.3, 0.4) is 0 Å². The first-order valence-electron chi connectivity index (χ1n) is 5.98. The van der Waals surface area contributed by atoms with Crippen LogP contribution in [0.2, 0.25) is 0 Å². The van der Waals surface area contributed by atoms with Gasteiger partial charge in [-0.3, -0.25) is 0 Å². The molecule has 0 amide bonds. The molecule has 1 aliphatic heterocycles. The van der Waals surface area contributed by atoms with E-state index in [9.17, 15) is 14.6 Å². The summed E-state index contributed by atoms with van der Waals surface area (Å²) in [6.07, 6.45) is 0.516. The number of nitrogens with zero attached hydrogens (tertiary/aromatic N) is 1. The summed E-state index contributed by atoms with van der Waals surface area (Å²) >= 11 is 0. The molecule has 1 aliphatic rings. The van der Waals surface area contributed by atoms with Gasteiger partial charge in [0.05, 0.1) is 12.2 Å². The van der Waals surface area contributed by atoms with Crippen LogP contribution in [0, 0.1) is 5.82 Å². The standard InChI is InChI=1S/C13H18FNO2/c1-9(16)12-8-10(14)2-3-13(12)15-6-4-11(17)5-7-15/h2-3,8-9,11,16-17H,4-7H2,1H3/t9-/m1/s1. The third-order valence-electron chi connectivity index (χ3n) is 3.24. The minimum Gasteiger partial charge on any atom is -0.393 e. The molecular weight excluding hydrogens is 221 g/mol. The summed E-state index contributed by atoms with van der Waals surface area (Å²) in [4.78, 5) is 2.09. The molecule has 0 spiro atoms. The number of benzene rings is 1. The van der Waals surface area contributed by atoms with Crippen LogP contribution in [-0.2, 0) is 0 Å². The van der Waals surface area contributed by atoms with Gasteiger partial charge < -0.3 is 15.1 Å². The van der Waals surface area contributed by atoms with Crippen LogP contribution in [0.1, 0.15) is 31.4 Å². The summed E-state index contributed by atoms with van der Waals surface area (Å²) in [6, 6.07) is 4.49. The number of piperidine rings is 1. The second-order valence-electron chi connectivity index (χ2n) is 4.60. The summed E-state index contributed by atoms with van der Waals surface area (Å²) in [5.74, 6) is -0.332. The minimum absolute atomic E-state index is 0.235. The molecule has 1 heterocycles. The van der Waals surface area contributed by atoms with Gasteiger partial charge in [0.1, 0.15) is 5.82 Å². The molecule has 2 rings (SSSR count). The first-order valence-corrected chi connectivity index (χ1v) is 5.98. The molecule has 3 nitrogen and oxygen atoms in total. The van der Waals surface area contributed by atoms with Gasteiger partial charge in [0, 0.05) is 24.3 Å². The normalized spacial score (nSPS) is 19.4. The summed E-state index contributed by atoms with van der Waals surface area (Å²) in [7, 11) is 0. The lowest BCUT2D eigenvalue weighted by atomic mass is 10.0. The highest BCUT2D eigenvalue weighted by molar-refractivity contribution is 5.55. The minimum atomic E-state index is -0.687. The molecule has 0 radical (unpaired) electrons. The lowest BCUT2D eigenvalue weighted by Crippen LogP contribution is -2.36. The molecule has 1 saturated heterocycles. The van der Waals surface area contributed by atoms with E-state index in [1.807, 2.05) is 0 Å². The molecule has 0 aliphatic carbocycles. The number of hydrogen-bond donors (Lipinski definition) is 2. The second kappa shape index (κ2) is 5.02. The molecule has 4 heteroatoms. The van der Waals surface area contributed by atoms with E-state index >= 15 is 0 Å². The van der Waals surface area contributed by atoms with Crippen molar-refractivity contribution in [1.82, 2.24) is 0 Å². The van der Waals surface area contributed by atoms with Crippen molar-refractivity contribution in [2.45, 2.75) is 32.0 Å². The molecule has 0 bridgehead atoms. The Balaban J connectivity index is 2.25. The van der Waals surface area contributed by atoms with Gasteiger partial charge in [-0.2, -0.15) is 0 Å². The molecule has 2 N–H and O–H groups in total. The van der Waals surface area contributed by atoms with Gasteiger partial charge in [0.15, 0.2) is 0 Å². The Kier molecular flexibility index (Phi) is 3.64. The highest BCUT2D eigenvalue weighted by Gasteiger charge is 2.20. The monoisotopic (exact) mass is 239 g/mol. The van der Waals surface area contributed by atoms with E-state index in [0.29, 0.717) is 5.56 Å². The van der Waals surface area contributed by atoms with E-state index in [0.717, 1.165) is 31.6 Å². The van der Waals surface area contributed by atoms with Gasteiger partial charge in [0.2, 0.25) is 0 Å². The third-order valence-corrected chi connectivity index (χ3v) is 3.24. The van der Waals surface area contributed by atoms with Crippen molar-refractivity contribution in [2.24, 2.45) is 0 Å². The predicted octanol–water partition coefficient (Wildman–Crippen LogP) is 1.84. The van der Waals surface area contributed by atoms with Gasteiger partial charge in [-0.15, -0.1) is 0 Å². The lowest BCUT2D eigenvalue weighted by Gasteiger charge is -2.33. The zero-order valence-electron chi connectivity index (χ0n) is 9.93. The molecule has 94 valence electrons. The van der Waals surface area contributed by atoms with Gasteiger partial charge in [-0.25, -0.2) is 4.39 Å². The van der Waals surface area contributed by atoms with E-state index in [1.54, 1.807) is 13.0 Å². The highest BCUT2D eigenvalue weighted by Crippen LogP contribution is 2.29. The van der Waals surface area contributed by atoms with Crippen molar-refractivity contribution in [3.63, 3.8) is 0 Å². The molecule has 0 saturated carbocycles. The van der Waals surface area contributed by atoms with Crippen molar-refractivity contribution < 1.29 is 14.6 Å². The molecular formula is C13H18FNO2. The highest BCUT2D eigenvalue weighted by atomic mass is 19.1. The first kappa shape index (κ1) is 12.3. The first-order chi connectivity index (χ1) is 8.08. The van der Waals surface area contributed by atoms with E-state index < -0.39 is 6.10 Å². The fraction of sp³-hybridized carbons (Fsp3) is 0.538. The Morgan fingerprint density at radius 1 is 1.35 bits per heavy atom. The number of rotatable bonds is 2. The lowest BCUT2D eigenvalue weighted by molar-refractivity contribution is 0.145. The van der Waals surface area contributed by atoms with Crippen molar-refractivity contribution in [2.75, 3.05) is 18.0 Å². The van der Waals surface area contributed by atoms with E-state index in [-0.39, 0.29) is 11.9 Å². The summed E-state index contributed by atoms with van der Waals surface area (Å²) < 4.78 is 13.2. The van der Waals surface area contributed by atoms with Gasteiger partial charge >= 0.3 is 0 Å². The molecule has 1 fully saturated rings. The van der Waals surface area contributed by atoms with Crippen LogP contribution in [0.25, 0.3) is 0 Å². The Morgan fingerprint density at radius 2 is 2.00 bits per heavy atom. The van der Waals surface area contributed by atoms with Crippen molar-refractivity contribution in [1.29, 1.82) is 0 Å². The predicted molar refractivity (Wildman–Crippen MR) is 64.5 cm³/mol. The van der Waals surface area contributed by atoms with Gasteiger partial charge in [-0.1, -0.05) is 0 Å². The second-order valence-corrected chi connectivity index (χ2v) is 4.60. The Hall–Kier alpha value is -1.13. The van der Waals surface area contributed by atoms with Crippen LogP contribution < -0.4 is 4.90 Å². The van der Waals surface area contributed by atoms with E-state index in [1.165, 1.54) is 12.1 Å². The van der Waals surface area contributed by atoms with Crippen LogP contribution in [-0.4, -0.2) is 29.4 Å². The average molecular weight is 239 g/mol. The van der Waals surface area contributed by atoms with Gasteiger partial charge in [0.25, 0.3) is 0 Å². The zero-order chi connectivity index (χ0) is 12.4. The molecule has 1 aromatic carbocycles. The van der Waals surface area contributed by atoms with E-state index in [2.05, 4.69) is 4.90 Å². The zero-order valence-corrected chi connectivity index (χ0v) is 9.93. The quantitative estimate of drug-likeness (QED) is 0.827. The molecule has 17 heavy (non-hydrogen) atoms. The van der Waals surface area contributed by atoms with Crippen LogP contribution in [0.15, 0.2) is 18.2 Å². The number of anilines is 1. The Labute approximate surface area is 100 Å². The number of aliphatic hydroxyl groups is 2. The number of aliphatic hydroxyl groups excluding tert-OH is 2. The number of hydrogen-bond acceptors (Lipinski definition) is 3. The van der Waals surface area contributed by atoms with Crippen molar-refractivity contribution in [3.05, 3.63) is 29.6 Å². The van der Waals surface area contributed by atoms with E-state index in [4.69, 9.17) is 0 Å². The van der Waals surface area contributed by atoms with Crippen molar-refractivity contribution >= 4 is 5.69 Å². The van der Waals surface area contributed by atoms with Crippen LogP contribution in [0.5, 0.6) is 0 Å².